The zero-order chi connectivity index (χ0) is 8.97. The molecule has 12 heavy (non-hydrogen) atoms. The first kappa shape index (κ1) is 9.66. The number of ether oxygens (including phenoxy) is 1. The maximum Gasteiger partial charge on any atom is 0.214 e. The fourth-order valence-electron chi connectivity index (χ4n) is 0.676. The highest BCUT2D eigenvalue weighted by atomic mass is 127. The molecule has 0 aliphatic rings. The van der Waals surface area contributed by atoms with E-state index in [0.29, 0.717) is 22.6 Å². The van der Waals surface area contributed by atoms with Gasteiger partial charge < -0.3 is 10.5 Å². The van der Waals surface area contributed by atoms with Crippen molar-refractivity contribution in [3.8, 4) is 5.75 Å². The van der Waals surface area contributed by atoms with Gasteiger partial charge in [-0.2, -0.15) is 4.39 Å². The molecule has 0 aromatic carbocycles. The van der Waals surface area contributed by atoms with Gasteiger partial charge in [-0.05, 0) is 34.7 Å². The van der Waals surface area contributed by atoms with Crippen LogP contribution in [0.25, 0.3) is 0 Å². The number of hydrogen-bond donors (Lipinski definition) is 1. The third kappa shape index (κ3) is 2.56. The Balaban J connectivity index is 2.72. The van der Waals surface area contributed by atoms with Gasteiger partial charge in [-0.25, -0.2) is 4.98 Å². The number of pyridine rings is 1. The second-order valence-corrected chi connectivity index (χ2v) is 3.08. The van der Waals surface area contributed by atoms with Gasteiger partial charge in [0.1, 0.15) is 10.3 Å². The first-order valence-electron chi connectivity index (χ1n) is 3.39. The number of rotatable bonds is 3. The molecule has 0 radical (unpaired) electrons. The minimum absolute atomic E-state index is 0.420. The third-order valence-corrected chi connectivity index (χ3v) is 1.93. The van der Waals surface area contributed by atoms with Gasteiger partial charge in [0.25, 0.3) is 0 Å². The molecule has 66 valence electrons. The minimum Gasteiger partial charge on any atom is -0.490 e. The average molecular weight is 282 g/mol. The summed E-state index contributed by atoms with van der Waals surface area (Å²) in [5.41, 5.74) is 5.23. The van der Waals surface area contributed by atoms with Crippen molar-refractivity contribution in [2.75, 3.05) is 13.2 Å². The van der Waals surface area contributed by atoms with Crippen LogP contribution in [0.4, 0.5) is 4.39 Å². The van der Waals surface area contributed by atoms with Crippen molar-refractivity contribution in [1.29, 1.82) is 0 Å². The summed E-state index contributed by atoms with van der Waals surface area (Å²) in [5, 5.41) is 0. The molecular weight excluding hydrogens is 274 g/mol. The molecule has 1 aromatic heterocycles. The Kier molecular flexibility index (Phi) is 3.67. The van der Waals surface area contributed by atoms with Crippen molar-refractivity contribution in [1.82, 2.24) is 4.98 Å². The Morgan fingerprint density at radius 1 is 1.58 bits per heavy atom. The van der Waals surface area contributed by atoms with E-state index < -0.39 is 5.95 Å². The van der Waals surface area contributed by atoms with Crippen LogP contribution >= 0.6 is 22.6 Å². The van der Waals surface area contributed by atoms with E-state index in [1.54, 1.807) is 6.07 Å². The monoisotopic (exact) mass is 282 g/mol. The smallest absolute Gasteiger partial charge is 0.214 e. The van der Waals surface area contributed by atoms with Crippen LogP contribution in [0.2, 0.25) is 0 Å². The van der Waals surface area contributed by atoms with Crippen molar-refractivity contribution in [3.05, 3.63) is 21.8 Å². The lowest BCUT2D eigenvalue weighted by Gasteiger charge is -2.04. The molecule has 0 fully saturated rings. The van der Waals surface area contributed by atoms with E-state index in [-0.39, 0.29) is 0 Å². The van der Waals surface area contributed by atoms with Crippen LogP contribution < -0.4 is 10.5 Å². The van der Waals surface area contributed by atoms with Crippen LogP contribution in [0.5, 0.6) is 5.75 Å². The van der Waals surface area contributed by atoms with E-state index in [2.05, 4.69) is 4.98 Å². The zero-order valence-corrected chi connectivity index (χ0v) is 8.42. The fraction of sp³-hybridized carbons (Fsp3) is 0.286. The van der Waals surface area contributed by atoms with E-state index in [1.807, 2.05) is 22.6 Å². The Morgan fingerprint density at radius 2 is 2.33 bits per heavy atom. The summed E-state index contributed by atoms with van der Waals surface area (Å²) in [7, 11) is 0. The normalized spacial score (nSPS) is 9.92. The largest absolute Gasteiger partial charge is 0.490 e. The van der Waals surface area contributed by atoms with Crippen LogP contribution in [0.15, 0.2) is 12.1 Å². The maximum absolute atomic E-state index is 12.5. The third-order valence-electron chi connectivity index (χ3n) is 1.16. The van der Waals surface area contributed by atoms with E-state index in [9.17, 15) is 4.39 Å². The molecule has 0 aliphatic carbocycles. The quantitative estimate of drug-likeness (QED) is 0.668. The summed E-state index contributed by atoms with van der Waals surface area (Å²) >= 11 is 1.91. The molecule has 0 saturated heterocycles. The zero-order valence-electron chi connectivity index (χ0n) is 6.26. The topological polar surface area (TPSA) is 48.1 Å². The molecule has 0 unspecified atom stereocenters. The van der Waals surface area contributed by atoms with Crippen LogP contribution in [0.3, 0.4) is 0 Å². The summed E-state index contributed by atoms with van der Waals surface area (Å²) in [6.07, 6.45) is 0. The molecule has 2 N–H and O–H groups in total. The fourth-order valence-corrected chi connectivity index (χ4v) is 1.24. The molecule has 0 atom stereocenters. The van der Waals surface area contributed by atoms with Gasteiger partial charge in [0.15, 0.2) is 5.75 Å². The summed E-state index contributed by atoms with van der Waals surface area (Å²) in [5.74, 6) is 0.0712. The lowest BCUT2D eigenvalue weighted by molar-refractivity contribution is 0.323. The van der Waals surface area contributed by atoms with Crippen LogP contribution in [-0.2, 0) is 0 Å². The predicted octanol–water partition coefficient (Wildman–Crippen LogP) is 1.16. The first-order chi connectivity index (χ1) is 5.74. The predicted molar refractivity (Wildman–Crippen MR) is 51.5 cm³/mol. The van der Waals surface area contributed by atoms with Gasteiger partial charge in [-0.15, -0.1) is 0 Å². The van der Waals surface area contributed by atoms with E-state index in [0.717, 1.165) is 0 Å². The molecule has 0 saturated carbocycles. The van der Waals surface area contributed by atoms with E-state index in [1.165, 1.54) is 6.07 Å². The summed E-state index contributed by atoms with van der Waals surface area (Å²) in [6.45, 7) is 0.858. The highest BCUT2D eigenvalue weighted by Crippen LogP contribution is 2.17. The lowest BCUT2D eigenvalue weighted by atomic mass is 10.4. The van der Waals surface area contributed by atoms with Gasteiger partial charge in [0, 0.05) is 6.54 Å². The van der Waals surface area contributed by atoms with Crippen molar-refractivity contribution < 1.29 is 9.13 Å². The van der Waals surface area contributed by atoms with Gasteiger partial charge in [-0.1, -0.05) is 0 Å². The van der Waals surface area contributed by atoms with Crippen molar-refractivity contribution in [2.45, 2.75) is 0 Å². The number of halogens is 2. The molecule has 1 aromatic rings. The Labute approximate surface area is 83.3 Å². The van der Waals surface area contributed by atoms with Crippen LogP contribution in [0.1, 0.15) is 0 Å². The summed E-state index contributed by atoms with van der Waals surface area (Å²) in [6, 6.07) is 2.80. The highest BCUT2D eigenvalue weighted by Gasteiger charge is 2.02. The molecular formula is C7H8FIN2O. The molecule has 1 heterocycles. The van der Waals surface area contributed by atoms with Crippen molar-refractivity contribution in [2.24, 2.45) is 5.73 Å². The maximum atomic E-state index is 12.5. The standard InChI is InChI=1S/C7H8FIN2O/c8-6-2-1-5(7(9)11-6)12-4-3-10/h1-2H,3-4,10H2. The SMILES string of the molecule is NCCOc1ccc(F)nc1I. The lowest BCUT2D eigenvalue weighted by Crippen LogP contribution is -2.11. The number of nitrogens with zero attached hydrogens (tertiary/aromatic N) is 1. The molecule has 0 amide bonds. The molecule has 3 nitrogen and oxygen atoms in total. The number of aromatic nitrogens is 1. The highest BCUT2D eigenvalue weighted by molar-refractivity contribution is 14.1. The first-order valence-corrected chi connectivity index (χ1v) is 4.47. The van der Waals surface area contributed by atoms with Gasteiger partial charge in [-0.3, -0.25) is 0 Å². The average Bonchev–Trinajstić information content (AvgIpc) is 2.03. The van der Waals surface area contributed by atoms with Crippen molar-refractivity contribution >= 4 is 22.6 Å². The Morgan fingerprint density at radius 3 is 2.92 bits per heavy atom. The van der Waals surface area contributed by atoms with Crippen LogP contribution in [-0.4, -0.2) is 18.1 Å². The molecule has 0 bridgehead atoms. The molecule has 5 heteroatoms. The minimum atomic E-state index is -0.500. The van der Waals surface area contributed by atoms with E-state index in [4.69, 9.17) is 10.5 Å². The second kappa shape index (κ2) is 4.56. The van der Waals surface area contributed by atoms with Crippen LogP contribution in [0, 0.1) is 9.65 Å². The van der Waals surface area contributed by atoms with Gasteiger partial charge in [0.05, 0.1) is 0 Å². The molecule has 0 spiro atoms. The molecule has 1 rings (SSSR count). The Bertz CT molecular complexity index is 270. The van der Waals surface area contributed by atoms with E-state index >= 15 is 0 Å². The molecule has 0 aliphatic heterocycles. The van der Waals surface area contributed by atoms with Gasteiger partial charge in [0.2, 0.25) is 5.95 Å². The second-order valence-electron chi connectivity index (χ2n) is 2.06. The number of hydrogen-bond acceptors (Lipinski definition) is 3. The Hall–Kier alpha value is -0.430. The summed E-state index contributed by atoms with van der Waals surface area (Å²) < 4.78 is 18.2. The summed E-state index contributed by atoms with van der Waals surface area (Å²) in [4.78, 5) is 3.58. The van der Waals surface area contributed by atoms with Gasteiger partial charge >= 0.3 is 0 Å². The van der Waals surface area contributed by atoms with Crippen molar-refractivity contribution in [3.63, 3.8) is 0 Å². The number of nitrogens with two attached hydrogens (primary N) is 1.